The molecule has 14 heavy (non-hydrogen) atoms. The Kier molecular flexibility index (Phi) is 1.82. The number of benzene rings is 1. The van der Waals surface area contributed by atoms with E-state index < -0.39 is 34.4 Å². The minimum absolute atomic E-state index is 0.180. The van der Waals surface area contributed by atoms with Gasteiger partial charge in [0.25, 0.3) is 0 Å². The predicted octanol–water partition coefficient (Wildman–Crippen LogP) is 2.19. The maximum atomic E-state index is 13.1. The summed E-state index contributed by atoms with van der Waals surface area (Å²) in [5.74, 6) is -5.58. The molecule has 2 rings (SSSR count). The lowest BCUT2D eigenvalue weighted by Gasteiger charge is -2.12. The standard InChI is InChI=1S/C9H7F4N/c10-4-3-5(11)8(13)6(7(4)12)9(14)1-2-9/h3H,1-2,14H2. The quantitative estimate of drug-likeness (QED) is 0.552. The van der Waals surface area contributed by atoms with Gasteiger partial charge < -0.3 is 5.73 Å². The highest BCUT2D eigenvalue weighted by Gasteiger charge is 2.45. The topological polar surface area (TPSA) is 26.0 Å². The third-order valence-corrected chi connectivity index (χ3v) is 2.40. The van der Waals surface area contributed by atoms with E-state index in [1.165, 1.54) is 0 Å². The molecule has 1 saturated carbocycles. The zero-order chi connectivity index (χ0) is 10.5. The van der Waals surface area contributed by atoms with Crippen molar-refractivity contribution in [3.8, 4) is 0 Å². The summed E-state index contributed by atoms with van der Waals surface area (Å²) in [5.41, 5.74) is 3.60. The molecule has 0 atom stereocenters. The monoisotopic (exact) mass is 205 g/mol. The lowest BCUT2D eigenvalue weighted by Crippen LogP contribution is -2.23. The number of halogens is 4. The van der Waals surface area contributed by atoms with Crippen molar-refractivity contribution in [1.29, 1.82) is 0 Å². The van der Waals surface area contributed by atoms with Gasteiger partial charge in [0.1, 0.15) is 0 Å². The van der Waals surface area contributed by atoms with Crippen LogP contribution in [0.1, 0.15) is 18.4 Å². The summed E-state index contributed by atoms with van der Waals surface area (Å²) in [7, 11) is 0. The van der Waals surface area contributed by atoms with Crippen LogP contribution in [0.3, 0.4) is 0 Å². The van der Waals surface area contributed by atoms with Crippen LogP contribution >= 0.6 is 0 Å². The molecule has 0 radical (unpaired) electrons. The molecule has 5 heteroatoms. The second-order valence-corrected chi connectivity index (χ2v) is 3.50. The second-order valence-electron chi connectivity index (χ2n) is 3.50. The fourth-order valence-corrected chi connectivity index (χ4v) is 1.39. The molecule has 0 unspecified atom stereocenters. The van der Waals surface area contributed by atoms with E-state index in [2.05, 4.69) is 0 Å². The fraction of sp³-hybridized carbons (Fsp3) is 0.333. The van der Waals surface area contributed by atoms with E-state index in [0.29, 0.717) is 12.8 Å². The number of hydrogen-bond donors (Lipinski definition) is 1. The Balaban J connectivity index is 2.68. The molecule has 2 N–H and O–H groups in total. The van der Waals surface area contributed by atoms with Crippen LogP contribution in [0, 0.1) is 23.3 Å². The molecule has 1 aliphatic carbocycles. The average molecular weight is 205 g/mol. The van der Waals surface area contributed by atoms with Crippen molar-refractivity contribution >= 4 is 0 Å². The molecule has 0 amide bonds. The third-order valence-electron chi connectivity index (χ3n) is 2.40. The lowest BCUT2D eigenvalue weighted by molar-refractivity contribution is 0.423. The highest BCUT2D eigenvalue weighted by Crippen LogP contribution is 2.45. The smallest absolute Gasteiger partial charge is 0.167 e. The Morgan fingerprint density at radius 2 is 1.43 bits per heavy atom. The first-order valence-electron chi connectivity index (χ1n) is 4.08. The summed E-state index contributed by atoms with van der Waals surface area (Å²) in [6.45, 7) is 0. The molecule has 1 aliphatic rings. The van der Waals surface area contributed by atoms with Crippen molar-refractivity contribution in [2.24, 2.45) is 5.73 Å². The Bertz CT molecular complexity index is 372. The van der Waals surface area contributed by atoms with Gasteiger partial charge in [-0.15, -0.1) is 0 Å². The molecule has 1 aromatic rings. The minimum Gasteiger partial charge on any atom is -0.321 e. The van der Waals surface area contributed by atoms with Gasteiger partial charge >= 0.3 is 0 Å². The van der Waals surface area contributed by atoms with Crippen molar-refractivity contribution in [2.45, 2.75) is 18.4 Å². The first-order valence-corrected chi connectivity index (χ1v) is 4.08. The molecule has 1 aromatic carbocycles. The van der Waals surface area contributed by atoms with E-state index in [1.54, 1.807) is 0 Å². The van der Waals surface area contributed by atoms with E-state index >= 15 is 0 Å². The normalized spacial score (nSPS) is 18.4. The Morgan fingerprint density at radius 1 is 1.00 bits per heavy atom. The van der Waals surface area contributed by atoms with Crippen LogP contribution in [0.5, 0.6) is 0 Å². The first-order chi connectivity index (χ1) is 6.46. The summed E-state index contributed by atoms with van der Waals surface area (Å²) < 4.78 is 51.7. The van der Waals surface area contributed by atoms with Gasteiger partial charge in [0.2, 0.25) is 0 Å². The summed E-state index contributed by atoms with van der Waals surface area (Å²) in [6.07, 6.45) is 0.674. The van der Waals surface area contributed by atoms with Gasteiger partial charge in [0.15, 0.2) is 23.3 Å². The molecule has 1 fully saturated rings. The highest BCUT2D eigenvalue weighted by atomic mass is 19.2. The Hall–Kier alpha value is -1.10. The molecule has 0 saturated heterocycles. The predicted molar refractivity (Wildman–Crippen MR) is 41.4 cm³/mol. The van der Waals surface area contributed by atoms with Gasteiger partial charge in [-0.05, 0) is 12.8 Å². The van der Waals surface area contributed by atoms with E-state index in [4.69, 9.17) is 5.73 Å². The molecule has 0 heterocycles. The summed E-state index contributed by atoms with van der Waals surface area (Å²) in [4.78, 5) is 0. The molecule has 0 aliphatic heterocycles. The van der Waals surface area contributed by atoms with Gasteiger partial charge in [0.05, 0.1) is 0 Å². The SMILES string of the molecule is NC1(c2c(F)c(F)cc(F)c2F)CC1. The molecule has 0 bridgehead atoms. The van der Waals surface area contributed by atoms with Crippen molar-refractivity contribution in [3.05, 3.63) is 34.9 Å². The van der Waals surface area contributed by atoms with Crippen molar-refractivity contribution in [2.75, 3.05) is 0 Å². The van der Waals surface area contributed by atoms with Gasteiger partial charge in [-0.2, -0.15) is 0 Å². The van der Waals surface area contributed by atoms with Gasteiger partial charge in [-0.1, -0.05) is 0 Å². The zero-order valence-corrected chi connectivity index (χ0v) is 7.08. The van der Waals surface area contributed by atoms with Crippen LogP contribution in [-0.2, 0) is 5.54 Å². The molecule has 1 nitrogen and oxygen atoms in total. The summed E-state index contributed by atoms with van der Waals surface area (Å²) >= 11 is 0. The first kappa shape index (κ1) is 9.45. The third kappa shape index (κ3) is 1.19. The van der Waals surface area contributed by atoms with E-state index in [0.717, 1.165) is 0 Å². The maximum Gasteiger partial charge on any atom is 0.167 e. The van der Waals surface area contributed by atoms with Gasteiger partial charge in [-0.25, -0.2) is 17.6 Å². The molecular formula is C9H7F4N. The molecule has 0 spiro atoms. The highest BCUT2D eigenvalue weighted by molar-refractivity contribution is 5.33. The Morgan fingerprint density at radius 3 is 1.79 bits per heavy atom. The van der Waals surface area contributed by atoms with Crippen LogP contribution < -0.4 is 5.73 Å². The van der Waals surface area contributed by atoms with Crippen molar-refractivity contribution in [1.82, 2.24) is 0 Å². The van der Waals surface area contributed by atoms with Crippen LogP contribution in [0.15, 0.2) is 6.07 Å². The van der Waals surface area contributed by atoms with E-state index in [-0.39, 0.29) is 6.07 Å². The molecular weight excluding hydrogens is 198 g/mol. The van der Waals surface area contributed by atoms with Gasteiger partial charge in [-0.3, -0.25) is 0 Å². The second kappa shape index (κ2) is 2.70. The van der Waals surface area contributed by atoms with Crippen LogP contribution in [0.4, 0.5) is 17.6 Å². The fourth-order valence-electron chi connectivity index (χ4n) is 1.39. The lowest BCUT2D eigenvalue weighted by atomic mass is 10.0. The number of rotatable bonds is 1. The number of hydrogen-bond acceptors (Lipinski definition) is 1. The maximum absolute atomic E-state index is 13.1. The van der Waals surface area contributed by atoms with Gasteiger partial charge in [0, 0.05) is 17.2 Å². The van der Waals surface area contributed by atoms with E-state index in [9.17, 15) is 17.6 Å². The Labute approximate surface area is 77.5 Å². The van der Waals surface area contributed by atoms with Crippen LogP contribution in [-0.4, -0.2) is 0 Å². The van der Waals surface area contributed by atoms with Crippen LogP contribution in [0.25, 0.3) is 0 Å². The minimum atomic E-state index is -1.41. The summed E-state index contributed by atoms with van der Waals surface area (Å²) in [5, 5.41) is 0. The van der Waals surface area contributed by atoms with Crippen molar-refractivity contribution < 1.29 is 17.6 Å². The zero-order valence-electron chi connectivity index (χ0n) is 7.08. The van der Waals surface area contributed by atoms with Crippen LogP contribution in [0.2, 0.25) is 0 Å². The molecule has 0 aromatic heterocycles. The molecule has 76 valence electrons. The largest absolute Gasteiger partial charge is 0.321 e. The van der Waals surface area contributed by atoms with E-state index in [1.807, 2.05) is 0 Å². The van der Waals surface area contributed by atoms with Crippen molar-refractivity contribution in [3.63, 3.8) is 0 Å². The number of nitrogens with two attached hydrogens (primary N) is 1. The summed E-state index contributed by atoms with van der Waals surface area (Å²) in [6, 6.07) is 0.180. The average Bonchev–Trinajstić information content (AvgIpc) is 2.81.